The second-order valence-electron chi connectivity index (χ2n) is 4.77. The summed E-state index contributed by atoms with van der Waals surface area (Å²) in [5, 5.41) is 21.7. The van der Waals surface area contributed by atoms with Gasteiger partial charge in [-0.3, -0.25) is 4.79 Å². The zero-order valence-electron chi connectivity index (χ0n) is 11.2. The smallest absolute Gasteiger partial charge is 0.255 e. The van der Waals surface area contributed by atoms with E-state index < -0.39 is 0 Å². The molecule has 0 bridgehead atoms. The summed E-state index contributed by atoms with van der Waals surface area (Å²) >= 11 is 0. The van der Waals surface area contributed by atoms with Crippen molar-refractivity contribution in [1.29, 1.82) is 0 Å². The first-order valence-electron chi connectivity index (χ1n) is 6.43. The molecule has 20 heavy (non-hydrogen) atoms. The monoisotopic (exact) mass is 271 g/mol. The standard InChI is InChI=1S/C16H17NO3/c1-11(9-12-5-3-2-4-6-12)17-16(20)14-8-7-13(18)10-15(14)19/h2-8,10-11,18-19H,9H2,1H3,(H,17,20). The molecule has 4 nitrogen and oxygen atoms in total. The van der Waals surface area contributed by atoms with Crippen LogP contribution in [0.15, 0.2) is 48.5 Å². The third-order valence-electron chi connectivity index (χ3n) is 2.99. The van der Waals surface area contributed by atoms with Crippen LogP contribution in [0.3, 0.4) is 0 Å². The Morgan fingerprint density at radius 3 is 2.50 bits per heavy atom. The summed E-state index contributed by atoms with van der Waals surface area (Å²) in [7, 11) is 0. The summed E-state index contributed by atoms with van der Waals surface area (Å²) in [5.74, 6) is -0.656. The van der Waals surface area contributed by atoms with Crippen molar-refractivity contribution in [3.8, 4) is 11.5 Å². The van der Waals surface area contributed by atoms with Crippen molar-refractivity contribution in [3.63, 3.8) is 0 Å². The second kappa shape index (κ2) is 6.10. The molecular weight excluding hydrogens is 254 g/mol. The van der Waals surface area contributed by atoms with Gasteiger partial charge in [-0.2, -0.15) is 0 Å². The molecule has 0 radical (unpaired) electrons. The topological polar surface area (TPSA) is 69.6 Å². The molecule has 2 aromatic carbocycles. The van der Waals surface area contributed by atoms with Crippen LogP contribution in [0.4, 0.5) is 0 Å². The van der Waals surface area contributed by atoms with Crippen LogP contribution in [0.25, 0.3) is 0 Å². The fourth-order valence-electron chi connectivity index (χ4n) is 2.03. The summed E-state index contributed by atoms with van der Waals surface area (Å²) in [6, 6.07) is 13.7. The van der Waals surface area contributed by atoms with Crippen LogP contribution in [0.1, 0.15) is 22.8 Å². The van der Waals surface area contributed by atoms with Crippen molar-refractivity contribution < 1.29 is 15.0 Å². The molecule has 1 amide bonds. The molecule has 4 heteroatoms. The minimum atomic E-state index is -0.356. The SMILES string of the molecule is CC(Cc1ccccc1)NC(=O)c1ccc(O)cc1O. The molecule has 0 aliphatic heterocycles. The summed E-state index contributed by atoms with van der Waals surface area (Å²) in [6.07, 6.45) is 0.714. The van der Waals surface area contributed by atoms with E-state index in [0.717, 1.165) is 11.6 Å². The number of phenolic OH excluding ortho intramolecular Hbond substituents is 2. The summed E-state index contributed by atoms with van der Waals surface area (Å²) < 4.78 is 0. The highest BCUT2D eigenvalue weighted by Crippen LogP contribution is 2.22. The number of aromatic hydroxyl groups is 2. The molecule has 2 rings (SSSR count). The summed E-state index contributed by atoms with van der Waals surface area (Å²) in [6.45, 7) is 1.91. The van der Waals surface area contributed by atoms with E-state index in [2.05, 4.69) is 5.32 Å². The highest BCUT2D eigenvalue weighted by atomic mass is 16.3. The number of carbonyl (C=O) groups is 1. The highest BCUT2D eigenvalue weighted by molar-refractivity contribution is 5.97. The predicted octanol–water partition coefficient (Wildman–Crippen LogP) is 2.46. The molecule has 0 aliphatic rings. The number of hydrogen-bond acceptors (Lipinski definition) is 3. The van der Waals surface area contributed by atoms with E-state index in [1.807, 2.05) is 37.3 Å². The first kappa shape index (κ1) is 13.9. The van der Waals surface area contributed by atoms with Gasteiger partial charge in [-0.05, 0) is 31.0 Å². The zero-order valence-corrected chi connectivity index (χ0v) is 11.2. The third-order valence-corrected chi connectivity index (χ3v) is 2.99. The van der Waals surface area contributed by atoms with Crippen molar-refractivity contribution in [1.82, 2.24) is 5.32 Å². The lowest BCUT2D eigenvalue weighted by Gasteiger charge is -2.14. The lowest BCUT2D eigenvalue weighted by Crippen LogP contribution is -2.34. The van der Waals surface area contributed by atoms with E-state index in [9.17, 15) is 15.0 Å². The van der Waals surface area contributed by atoms with Crippen LogP contribution in [0.2, 0.25) is 0 Å². The van der Waals surface area contributed by atoms with Gasteiger partial charge in [0.15, 0.2) is 0 Å². The lowest BCUT2D eigenvalue weighted by molar-refractivity contribution is 0.0937. The van der Waals surface area contributed by atoms with Crippen LogP contribution >= 0.6 is 0 Å². The van der Waals surface area contributed by atoms with Gasteiger partial charge in [-0.25, -0.2) is 0 Å². The largest absolute Gasteiger partial charge is 0.508 e. The maximum Gasteiger partial charge on any atom is 0.255 e. The van der Waals surface area contributed by atoms with Crippen LogP contribution < -0.4 is 5.32 Å². The fourth-order valence-corrected chi connectivity index (χ4v) is 2.03. The number of rotatable bonds is 4. The van der Waals surface area contributed by atoms with Gasteiger partial charge in [-0.15, -0.1) is 0 Å². The van der Waals surface area contributed by atoms with Crippen molar-refractivity contribution in [3.05, 3.63) is 59.7 Å². The molecule has 0 aromatic heterocycles. The Kier molecular flexibility index (Phi) is 4.25. The molecule has 1 unspecified atom stereocenters. The van der Waals surface area contributed by atoms with E-state index in [1.54, 1.807) is 0 Å². The molecule has 2 aromatic rings. The molecule has 0 fully saturated rings. The Labute approximate surface area is 117 Å². The molecular formula is C16H17NO3. The van der Waals surface area contributed by atoms with Crippen molar-refractivity contribution in [2.45, 2.75) is 19.4 Å². The molecule has 104 valence electrons. The number of hydrogen-bond donors (Lipinski definition) is 3. The van der Waals surface area contributed by atoms with Gasteiger partial charge in [0, 0.05) is 12.1 Å². The van der Waals surface area contributed by atoms with Crippen LogP contribution in [0.5, 0.6) is 11.5 Å². The quantitative estimate of drug-likeness (QED) is 0.800. The van der Waals surface area contributed by atoms with Gasteiger partial charge in [0.2, 0.25) is 0 Å². The van der Waals surface area contributed by atoms with Gasteiger partial charge in [0.25, 0.3) is 5.91 Å². The number of amides is 1. The Bertz CT molecular complexity index is 596. The molecule has 0 aliphatic carbocycles. The second-order valence-corrected chi connectivity index (χ2v) is 4.77. The maximum atomic E-state index is 12.0. The van der Waals surface area contributed by atoms with E-state index in [1.165, 1.54) is 12.1 Å². The number of nitrogens with one attached hydrogen (secondary N) is 1. The van der Waals surface area contributed by atoms with Gasteiger partial charge in [0.05, 0.1) is 5.56 Å². The van der Waals surface area contributed by atoms with Crippen molar-refractivity contribution in [2.24, 2.45) is 0 Å². The molecule has 0 saturated carbocycles. The Morgan fingerprint density at radius 2 is 1.85 bits per heavy atom. The first-order valence-corrected chi connectivity index (χ1v) is 6.43. The third kappa shape index (κ3) is 3.51. The fraction of sp³-hybridized carbons (Fsp3) is 0.188. The Hall–Kier alpha value is -2.49. The molecule has 0 spiro atoms. The lowest BCUT2D eigenvalue weighted by atomic mass is 10.1. The van der Waals surface area contributed by atoms with Gasteiger partial charge in [-0.1, -0.05) is 30.3 Å². The van der Waals surface area contributed by atoms with Crippen LogP contribution in [-0.4, -0.2) is 22.2 Å². The van der Waals surface area contributed by atoms with Gasteiger partial charge >= 0.3 is 0 Å². The Balaban J connectivity index is 2.00. The van der Waals surface area contributed by atoms with Gasteiger partial charge < -0.3 is 15.5 Å². The average molecular weight is 271 g/mol. The van der Waals surface area contributed by atoms with E-state index in [4.69, 9.17) is 0 Å². The number of phenols is 2. The molecule has 3 N–H and O–H groups in total. The molecule has 0 saturated heterocycles. The molecule has 0 heterocycles. The van der Waals surface area contributed by atoms with E-state index in [-0.39, 0.29) is 29.0 Å². The maximum absolute atomic E-state index is 12.0. The predicted molar refractivity (Wildman–Crippen MR) is 76.8 cm³/mol. The van der Waals surface area contributed by atoms with Crippen LogP contribution in [0, 0.1) is 0 Å². The van der Waals surface area contributed by atoms with E-state index >= 15 is 0 Å². The highest BCUT2D eigenvalue weighted by Gasteiger charge is 2.14. The summed E-state index contributed by atoms with van der Waals surface area (Å²) in [5.41, 5.74) is 1.29. The van der Waals surface area contributed by atoms with Crippen LogP contribution in [-0.2, 0) is 6.42 Å². The average Bonchev–Trinajstić information content (AvgIpc) is 2.39. The number of carbonyl (C=O) groups excluding carboxylic acids is 1. The van der Waals surface area contributed by atoms with E-state index in [0.29, 0.717) is 6.42 Å². The van der Waals surface area contributed by atoms with Gasteiger partial charge in [0.1, 0.15) is 11.5 Å². The summed E-state index contributed by atoms with van der Waals surface area (Å²) in [4.78, 5) is 12.0. The zero-order chi connectivity index (χ0) is 14.5. The minimum absolute atomic E-state index is 0.0573. The first-order chi connectivity index (χ1) is 9.56. The Morgan fingerprint density at radius 1 is 1.15 bits per heavy atom. The molecule has 1 atom stereocenters. The number of benzene rings is 2. The minimum Gasteiger partial charge on any atom is -0.508 e. The normalized spacial score (nSPS) is 11.8. The van der Waals surface area contributed by atoms with Crippen molar-refractivity contribution in [2.75, 3.05) is 0 Å². The van der Waals surface area contributed by atoms with Crippen molar-refractivity contribution >= 4 is 5.91 Å².